The first-order valence-corrected chi connectivity index (χ1v) is 13.6. The minimum atomic E-state index is -0.106. The van der Waals surface area contributed by atoms with Gasteiger partial charge in [-0.1, -0.05) is 128 Å². The molecule has 0 radical (unpaired) electrons. The zero-order chi connectivity index (χ0) is 30.2. The quantitative estimate of drug-likeness (QED) is 0.233. The van der Waals surface area contributed by atoms with E-state index in [1.807, 2.05) is 149 Å². The monoisotopic (exact) mass is 548 g/mol. The summed E-state index contributed by atoms with van der Waals surface area (Å²) >= 11 is 0. The highest BCUT2D eigenvalue weighted by molar-refractivity contribution is 5.49. The predicted molar refractivity (Wildman–Crippen MR) is 178 cm³/mol. The molecule has 0 aliphatic rings. The summed E-state index contributed by atoms with van der Waals surface area (Å²) in [6, 6.07) is 37.1. The SMILES string of the molecule is C=Cc1ccc(O)cc1.C=Cc1ccccc1.CC(C)(C)OC=Cc1ccccc1.CCOC=Cc1ccccc1. The van der Waals surface area contributed by atoms with Gasteiger partial charge in [0.25, 0.3) is 0 Å². The Bertz CT molecular complexity index is 1250. The summed E-state index contributed by atoms with van der Waals surface area (Å²) in [6.07, 6.45) is 10.9. The van der Waals surface area contributed by atoms with Gasteiger partial charge in [0.2, 0.25) is 0 Å². The molecule has 0 saturated heterocycles. The molecule has 0 aliphatic carbocycles. The molecule has 0 spiro atoms. The van der Waals surface area contributed by atoms with Crippen molar-refractivity contribution in [3.63, 3.8) is 0 Å². The first-order valence-electron chi connectivity index (χ1n) is 13.6. The van der Waals surface area contributed by atoms with Gasteiger partial charge in [-0.15, -0.1) is 0 Å². The van der Waals surface area contributed by atoms with Crippen LogP contribution in [0, 0.1) is 0 Å². The first kappa shape index (κ1) is 34.3. The Labute approximate surface area is 247 Å². The zero-order valence-electron chi connectivity index (χ0n) is 24.8. The maximum Gasteiger partial charge on any atom is 0.115 e. The summed E-state index contributed by atoms with van der Waals surface area (Å²) in [5.74, 6) is 0.292. The van der Waals surface area contributed by atoms with Crippen LogP contribution in [0.15, 0.2) is 141 Å². The molecular weight excluding hydrogens is 504 g/mol. The third-order valence-corrected chi connectivity index (χ3v) is 4.97. The molecule has 4 rings (SSSR count). The van der Waals surface area contributed by atoms with Crippen molar-refractivity contribution in [2.45, 2.75) is 33.3 Å². The average molecular weight is 549 g/mol. The second-order valence-corrected chi connectivity index (χ2v) is 9.52. The van der Waals surface area contributed by atoms with Gasteiger partial charge >= 0.3 is 0 Å². The Hall–Kier alpha value is -4.76. The van der Waals surface area contributed by atoms with E-state index in [0.29, 0.717) is 5.75 Å². The molecule has 0 saturated carbocycles. The van der Waals surface area contributed by atoms with Crippen LogP contribution in [0.2, 0.25) is 0 Å². The van der Waals surface area contributed by atoms with E-state index in [9.17, 15) is 0 Å². The van der Waals surface area contributed by atoms with Gasteiger partial charge in [-0.3, -0.25) is 0 Å². The molecule has 0 amide bonds. The first-order chi connectivity index (χ1) is 19.8. The highest BCUT2D eigenvalue weighted by atomic mass is 16.5. The highest BCUT2D eigenvalue weighted by Crippen LogP contribution is 2.10. The van der Waals surface area contributed by atoms with Crippen LogP contribution in [0.1, 0.15) is 49.9 Å². The number of ether oxygens (including phenoxy) is 2. The molecule has 0 bridgehead atoms. The smallest absolute Gasteiger partial charge is 0.115 e. The zero-order valence-corrected chi connectivity index (χ0v) is 24.8. The van der Waals surface area contributed by atoms with E-state index in [-0.39, 0.29) is 5.60 Å². The van der Waals surface area contributed by atoms with E-state index in [2.05, 4.69) is 13.2 Å². The van der Waals surface area contributed by atoms with E-state index in [0.717, 1.165) is 17.7 Å². The van der Waals surface area contributed by atoms with Gasteiger partial charge in [0.15, 0.2) is 0 Å². The molecule has 3 heteroatoms. The lowest BCUT2D eigenvalue weighted by Gasteiger charge is -2.17. The molecule has 3 nitrogen and oxygen atoms in total. The van der Waals surface area contributed by atoms with Crippen LogP contribution < -0.4 is 0 Å². The van der Waals surface area contributed by atoms with E-state index in [1.54, 1.807) is 30.7 Å². The van der Waals surface area contributed by atoms with E-state index in [4.69, 9.17) is 14.6 Å². The van der Waals surface area contributed by atoms with Crippen molar-refractivity contribution in [1.82, 2.24) is 0 Å². The van der Waals surface area contributed by atoms with Crippen LogP contribution in [-0.2, 0) is 9.47 Å². The minimum Gasteiger partial charge on any atom is -0.508 e. The molecular formula is C38H44O3. The number of hydrogen-bond donors (Lipinski definition) is 1. The average Bonchev–Trinajstić information content (AvgIpc) is 3.00. The normalized spacial score (nSPS) is 10.1. The van der Waals surface area contributed by atoms with Crippen molar-refractivity contribution in [3.8, 4) is 5.75 Å². The molecule has 0 atom stereocenters. The molecule has 4 aromatic rings. The number of rotatable bonds is 7. The van der Waals surface area contributed by atoms with Gasteiger partial charge in [-0.05, 0) is 74.2 Å². The number of phenolic OH excluding ortho intramolecular Hbond substituents is 1. The lowest BCUT2D eigenvalue weighted by atomic mass is 10.2. The highest BCUT2D eigenvalue weighted by Gasteiger charge is 2.06. The largest absolute Gasteiger partial charge is 0.508 e. The van der Waals surface area contributed by atoms with Gasteiger partial charge in [-0.2, -0.15) is 0 Å². The Morgan fingerprint density at radius 1 is 0.585 bits per heavy atom. The van der Waals surface area contributed by atoms with Gasteiger partial charge < -0.3 is 14.6 Å². The Balaban J connectivity index is 0.000000278. The molecule has 41 heavy (non-hydrogen) atoms. The second kappa shape index (κ2) is 21.1. The van der Waals surface area contributed by atoms with Crippen LogP contribution in [0.5, 0.6) is 5.75 Å². The second-order valence-electron chi connectivity index (χ2n) is 9.52. The van der Waals surface area contributed by atoms with Crippen LogP contribution in [0.4, 0.5) is 0 Å². The number of hydrogen-bond acceptors (Lipinski definition) is 3. The third kappa shape index (κ3) is 19.0. The van der Waals surface area contributed by atoms with Crippen LogP contribution in [-0.4, -0.2) is 17.3 Å². The minimum absolute atomic E-state index is 0.106. The number of aromatic hydroxyl groups is 1. The summed E-state index contributed by atoms with van der Waals surface area (Å²) in [5.41, 5.74) is 4.42. The van der Waals surface area contributed by atoms with Crippen LogP contribution in [0.3, 0.4) is 0 Å². The molecule has 1 N–H and O–H groups in total. The fourth-order valence-electron chi connectivity index (χ4n) is 2.87. The molecule has 0 aliphatic heterocycles. The van der Waals surface area contributed by atoms with Gasteiger partial charge in [0.1, 0.15) is 5.75 Å². The predicted octanol–water partition coefficient (Wildman–Crippen LogP) is 10.5. The molecule has 0 unspecified atom stereocenters. The number of phenols is 1. The molecule has 4 aromatic carbocycles. The Morgan fingerprint density at radius 2 is 0.976 bits per heavy atom. The van der Waals surface area contributed by atoms with E-state index >= 15 is 0 Å². The summed E-state index contributed by atoms with van der Waals surface area (Å²) in [7, 11) is 0. The van der Waals surface area contributed by atoms with Crippen molar-refractivity contribution < 1.29 is 14.6 Å². The lowest BCUT2D eigenvalue weighted by Crippen LogP contribution is -2.15. The molecule has 0 aromatic heterocycles. The lowest BCUT2D eigenvalue weighted by molar-refractivity contribution is 0.0783. The maximum atomic E-state index is 8.82. The fraction of sp³-hybridized carbons (Fsp3) is 0.158. The Kier molecular flexibility index (Phi) is 17.6. The summed E-state index contributed by atoms with van der Waals surface area (Å²) in [4.78, 5) is 0. The molecule has 0 heterocycles. The van der Waals surface area contributed by atoms with Gasteiger partial charge in [0.05, 0.1) is 24.7 Å². The standard InChI is InChI=1S/C12H16O.C10H12O.C8H8O.C8H8/c1-12(2,3)13-10-9-11-7-5-4-6-8-11;1-2-11-9-8-10-6-4-3-5-7-10;1-2-7-3-5-8(9)6-4-7;1-2-8-6-4-3-5-7-8/h4-10H,1-3H3;3-9H,2H2,1H3;2-6,9H,1H2;2-7H,1H2. The van der Waals surface area contributed by atoms with Crippen LogP contribution in [0.25, 0.3) is 24.3 Å². The van der Waals surface area contributed by atoms with Crippen molar-refractivity contribution in [2.75, 3.05) is 6.61 Å². The van der Waals surface area contributed by atoms with Gasteiger partial charge in [0, 0.05) is 0 Å². The Morgan fingerprint density at radius 3 is 1.34 bits per heavy atom. The third-order valence-electron chi connectivity index (χ3n) is 4.97. The van der Waals surface area contributed by atoms with Crippen molar-refractivity contribution >= 4 is 24.3 Å². The summed E-state index contributed by atoms with van der Waals surface area (Å²) < 4.78 is 10.5. The topological polar surface area (TPSA) is 38.7 Å². The van der Waals surface area contributed by atoms with Gasteiger partial charge in [-0.25, -0.2) is 0 Å². The van der Waals surface area contributed by atoms with Crippen molar-refractivity contribution in [3.05, 3.63) is 163 Å². The van der Waals surface area contributed by atoms with Crippen molar-refractivity contribution in [1.29, 1.82) is 0 Å². The van der Waals surface area contributed by atoms with Crippen molar-refractivity contribution in [2.24, 2.45) is 0 Å². The summed E-state index contributed by atoms with van der Waals surface area (Å²) in [5, 5.41) is 8.82. The molecule has 0 fully saturated rings. The fourth-order valence-corrected chi connectivity index (χ4v) is 2.87. The number of benzene rings is 4. The maximum absolute atomic E-state index is 8.82. The van der Waals surface area contributed by atoms with E-state index in [1.165, 1.54) is 11.1 Å². The van der Waals surface area contributed by atoms with Crippen LogP contribution >= 0.6 is 0 Å². The summed E-state index contributed by atoms with van der Waals surface area (Å²) in [6.45, 7) is 16.0. The van der Waals surface area contributed by atoms with E-state index < -0.39 is 0 Å². The molecule has 214 valence electrons.